The van der Waals surface area contributed by atoms with E-state index < -0.39 is 0 Å². The Morgan fingerprint density at radius 2 is 2.00 bits per heavy atom. The van der Waals surface area contributed by atoms with Gasteiger partial charge >= 0.3 is 0 Å². The van der Waals surface area contributed by atoms with Gasteiger partial charge in [-0.05, 0) is 69.3 Å². The number of benzene rings is 1. The number of thiophene rings is 1. The van der Waals surface area contributed by atoms with Gasteiger partial charge in [-0.15, -0.1) is 35.3 Å². The summed E-state index contributed by atoms with van der Waals surface area (Å²) in [6, 6.07) is 12.1. The Balaban J connectivity index is 0.00000341. The molecule has 0 aliphatic heterocycles. The van der Waals surface area contributed by atoms with Crippen molar-refractivity contribution in [3.05, 3.63) is 58.4 Å². The molecule has 0 atom stereocenters. The summed E-state index contributed by atoms with van der Waals surface area (Å²) < 4.78 is 10.9. The standard InChI is InChI=1S/C22H29N5O2S.HI/c1-16(2)28-19-10-8-18(9-11-19)26-22(24-14-12-20-6-5-15-30-20)23-13-4-7-21-25-17(3)27-29-21;/h5-6,8-11,15-16H,4,7,12-14H2,1-3H3,(H2,23,24,26);1H. The summed E-state index contributed by atoms with van der Waals surface area (Å²) in [6.07, 6.45) is 2.66. The first kappa shape index (κ1) is 25.1. The highest BCUT2D eigenvalue weighted by molar-refractivity contribution is 14.0. The molecular formula is C22H30IN5O2S. The van der Waals surface area contributed by atoms with Gasteiger partial charge in [0, 0.05) is 30.1 Å². The number of aliphatic imine (C=N–C) groups is 1. The van der Waals surface area contributed by atoms with Crippen LogP contribution in [0.15, 0.2) is 51.3 Å². The fourth-order valence-corrected chi connectivity index (χ4v) is 3.50. The number of aromatic nitrogens is 2. The van der Waals surface area contributed by atoms with E-state index in [0.717, 1.165) is 36.8 Å². The number of anilines is 1. The summed E-state index contributed by atoms with van der Waals surface area (Å²) in [4.78, 5) is 10.3. The summed E-state index contributed by atoms with van der Waals surface area (Å²) in [6.45, 7) is 7.32. The lowest BCUT2D eigenvalue weighted by Crippen LogP contribution is -2.32. The van der Waals surface area contributed by atoms with Gasteiger partial charge in [0.25, 0.3) is 0 Å². The summed E-state index contributed by atoms with van der Waals surface area (Å²) in [5.41, 5.74) is 0.959. The van der Waals surface area contributed by atoms with Crippen LogP contribution in [0.4, 0.5) is 5.69 Å². The molecule has 2 aromatic heterocycles. The molecule has 2 heterocycles. The van der Waals surface area contributed by atoms with Gasteiger partial charge < -0.3 is 19.9 Å². The van der Waals surface area contributed by atoms with Crippen molar-refractivity contribution in [3.8, 4) is 5.75 Å². The van der Waals surface area contributed by atoms with Crippen LogP contribution in [-0.4, -0.2) is 35.3 Å². The summed E-state index contributed by atoms with van der Waals surface area (Å²) in [7, 11) is 0. The number of ether oxygens (including phenoxy) is 1. The maximum Gasteiger partial charge on any atom is 0.226 e. The zero-order chi connectivity index (χ0) is 21.2. The van der Waals surface area contributed by atoms with Gasteiger partial charge in [0.15, 0.2) is 11.8 Å². The molecule has 0 saturated heterocycles. The van der Waals surface area contributed by atoms with E-state index in [-0.39, 0.29) is 30.1 Å². The van der Waals surface area contributed by atoms with Crippen LogP contribution in [0.3, 0.4) is 0 Å². The molecule has 2 N–H and O–H groups in total. The second-order valence-corrected chi connectivity index (χ2v) is 8.17. The average Bonchev–Trinajstić information content (AvgIpc) is 3.38. The van der Waals surface area contributed by atoms with E-state index in [0.29, 0.717) is 24.7 Å². The van der Waals surface area contributed by atoms with Gasteiger partial charge in [-0.25, -0.2) is 0 Å². The van der Waals surface area contributed by atoms with Crippen LogP contribution in [0.1, 0.15) is 36.9 Å². The van der Waals surface area contributed by atoms with Crippen LogP contribution in [0, 0.1) is 6.92 Å². The van der Waals surface area contributed by atoms with Crippen LogP contribution in [0.25, 0.3) is 0 Å². The molecule has 9 heteroatoms. The molecule has 1 aromatic carbocycles. The SMILES string of the molecule is Cc1noc(CCCN=C(NCCc2cccs2)Nc2ccc(OC(C)C)cc2)n1.I. The predicted molar refractivity (Wildman–Crippen MR) is 137 cm³/mol. The predicted octanol–water partition coefficient (Wildman–Crippen LogP) is 5.08. The monoisotopic (exact) mass is 555 g/mol. The Morgan fingerprint density at radius 1 is 1.19 bits per heavy atom. The van der Waals surface area contributed by atoms with Crippen molar-refractivity contribution in [2.45, 2.75) is 46.1 Å². The van der Waals surface area contributed by atoms with Crippen LogP contribution < -0.4 is 15.4 Å². The van der Waals surface area contributed by atoms with Crippen molar-refractivity contribution < 1.29 is 9.26 Å². The summed E-state index contributed by atoms with van der Waals surface area (Å²) in [5.74, 6) is 2.93. The van der Waals surface area contributed by atoms with E-state index >= 15 is 0 Å². The highest BCUT2D eigenvalue weighted by atomic mass is 127. The van der Waals surface area contributed by atoms with Gasteiger partial charge in [-0.1, -0.05) is 11.2 Å². The maximum absolute atomic E-state index is 5.71. The third kappa shape index (κ3) is 9.26. The fourth-order valence-electron chi connectivity index (χ4n) is 2.79. The number of guanidine groups is 1. The molecule has 0 fully saturated rings. The molecule has 0 spiro atoms. The van der Waals surface area contributed by atoms with E-state index in [4.69, 9.17) is 14.3 Å². The summed E-state index contributed by atoms with van der Waals surface area (Å²) >= 11 is 1.77. The number of aryl methyl sites for hydroxylation is 2. The van der Waals surface area contributed by atoms with Gasteiger partial charge in [0.2, 0.25) is 5.89 Å². The lowest BCUT2D eigenvalue weighted by Gasteiger charge is -2.14. The maximum atomic E-state index is 5.71. The second kappa shape index (κ2) is 13.3. The molecule has 3 aromatic rings. The molecule has 7 nitrogen and oxygen atoms in total. The van der Waals surface area contributed by atoms with Crippen molar-refractivity contribution in [1.82, 2.24) is 15.5 Å². The first-order valence-electron chi connectivity index (χ1n) is 10.2. The molecule has 0 saturated carbocycles. The van der Waals surface area contributed by atoms with E-state index in [9.17, 15) is 0 Å². The third-order valence-corrected chi connectivity index (χ3v) is 5.06. The number of nitrogens with zero attached hydrogens (tertiary/aromatic N) is 3. The molecule has 31 heavy (non-hydrogen) atoms. The fraction of sp³-hybridized carbons (Fsp3) is 0.409. The highest BCUT2D eigenvalue weighted by Crippen LogP contribution is 2.17. The number of hydrogen-bond donors (Lipinski definition) is 2. The lowest BCUT2D eigenvalue weighted by molar-refractivity contribution is 0.242. The Kier molecular flexibility index (Phi) is 10.8. The minimum atomic E-state index is 0. The Hall–Kier alpha value is -2.14. The third-order valence-electron chi connectivity index (χ3n) is 4.12. The number of nitrogens with one attached hydrogen (secondary N) is 2. The van der Waals surface area contributed by atoms with Crippen LogP contribution >= 0.6 is 35.3 Å². The van der Waals surface area contributed by atoms with Crippen LogP contribution in [-0.2, 0) is 12.8 Å². The molecule has 3 rings (SSSR count). The number of rotatable bonds is 10. The molecule has 0 unspecified atom stereocenters. The second-order valence-electron chi connectivity index (χ2n) is 7.14. The van der Waals surface area contributed by atoms with Gasteiger partial charge in [-0.3, -0.25) is 4.99 Å². The first-order chi connectivity index (χ1) is 14.6. The van der Waals surface area contributed by atoms with Gasteiger partial charge in [0.05, 0.1) is 6.10 Å². The topological polar surface area (TPSA) is 84.6 Å². The summed E-state index contributed by atoms with van der Waals surface area (Å²) in [5, 5.41) is 12.7. The van der Waals surface area contributed by atoms with Gasteiger partial charge in [0.1, 0.15) is 5.75 Å². The Labute approximate surface area is 204 Å². The smallest absolute Gasteiger partial charge is 0.226 e. The van der Waals surface area contributed by atoms with Crippen molar-refractivity contribution >= 4 is 47.0 Å². The molecule has 0 aliphatic rings. The Bertz CT molecular complexity index is 910. The molecule has 0 amide bonds. The lowest BCUT2D eigenvalue weighted by atomic mass is 10.3. The van der Waals surface area contributed by atoms with Crippen LogP contribution in [0.5, 0.6) is 5.75 Å². The molecule has 0 bridgehead atoms. The number of halogens is 1. The van der Waals surface area contributed by atoms with Crippen molar-refractivity contribution in [2.24, 2.45) is 4.99 Å². The minimum absolute atomic E-state index is 0. The Morgan fingerprint density at radius 3 is 2.65 bits per heavy atom. The van der Waals surface area contributed by atoms with Gasteiger partial charge in [-0.2, -0.15) is 4.98 Å². The molecule has 0 aliphatic carbocycles. The molecule has 168 valence electrons. The normalized spacial score (nSPS) is 11.3. The largest absolute Gasteiger partial charge is 0.491 e. The number of hydrogen-bond acceptors (Lipinski definition) is 6. The molecule has 0 radical (unpaired) electrons. The zero-order valence-electron chi connectivity index (χ0n) is 18.1. The molecular weight excluding hydrogens is 525 g/mol. The van der Waals surface area contributed by atoms with Crippen LogP contribution in [0.2, 0.25) is 0 Å². The highest BCUT2D eigenvalue weighted by Gasteiger charge is 2.05. The zero-order valence-corrected chi connectivity index (χ0v) is 21.3. The van der Waals surface area contributed by atoms with E-state index in [2.05, 4.69) is 38.3 Å². The van der Waals surface area contributed by atoms with Crippen molar-refractivity contribution in [1.29, 1.82) is 0 Å². The van der Waals surface area contributed by atoms with E-state index in [1.54, 1.807) is 11.3 Å². The first-order valence-corrected chi connectivity index (χ1v) is 11.1. The average molecular weight is 555 g/mol. The van der Waals surface area contributed by atoms with Crippen molar-refractivity contribution in [3.63, 3.8) is 0 Å². The minimum Gasteiger partial charge on any atom is -0.491 e. The van der Waals surface area contributed by atoms with Crippen molar-refractivity contribution in [2.75, 3.05) is 18.4 Å². The van der Waals surface area contributed by atoms with E-state index in [1.165, 1.54) is 4.88 Å². The quantitative estimate of drug-likeness (QED) is 0.157. The van der Waals surface area contributed by atoms with E-state index in [1.807, 2.05) is 45.0 Å².